The topological polar surface area (TPSA) is 105 Å². The Morgan fingerprint density at radius 2 is 1.71 bits per heavy atom. The summed E-state index contributed by atoms with van der Waals surface area (Å²) >= 11 is 0. The number of likely N-dealkylation sites (N-methyl/N-ethyl adjacent to an activating group) is 1. The van der Waals surface area contributed by atoms with Gasteiger partial charge in [0.2, 0.25) is 21.8 Å². The maximum absolute atomic E-state index is 13.6. The number of nitrogens with one attached hydrogen (secondary N) is 1. The van der Waals surface area contributed by atoms with Crippen LogP contribution < -0.4 is 19.1 Å². The lowest BCUT2D eigenvalue weighted by Crippen LogP contribution is -2.51. The third-order valence-electron chi connectivity index (χ3n) is 5.43. The highest BCUT2D eigenvalue weighted by atomic mass is 32.2. The maximum Gasteiger partial charge on any atom is 0.244 e. The van der Waals surface area contributed by atoms with E-state index in [4.69, 9.17) is 9.47 Å². The molecule has 0 fully saturated rings. The van der Waals surface area contributed by atoms with Gasteiger partial charge in [0.05, 0.1) is 26.2 Å². The number of aryl methyl sites for hydroxylation is 1. The van der Waals surface area contributed by atoms with Crippen molar-refractivity contribution in [3.8, 4) is 11.5 Å². The average molecular weight is 492 g/mol. The van der Waals surface area contributed by atoms with Crippen molar-refractivity contribution < 1.29 is 27.5 Å². The molecule has 2 aromatic carbocycles. The van der Waals surface area contributed by atoms with Crippen LogP contribution >= 0.6 is 0 Å². The molecule has 0 heterocycles. The highest BCUT2D eigenvalue weighted by Crippen LogP contribution is 2.31. The average Bonchev–Trinajstić information content (AvgIpc) is 2.81. The molecule has 0 saturated heterocycles. The first-order chi connectivity index (χ1) is 16.0. The zero-order valence-electron chi connectivity index (χ0n) is 20.5. The number of hydrogen-bond acceptors (Lipinski definition) is 6. The maximum atomic E-state index is 13.6. The number of carbonyl (C=O) groups is 2. The fourth-order valence-corrected chi connectivity index (χ4v) is 4.45. The van der Waals surface area contributed by atoms with Crippen molar-refractivity contribution in [1.29, 1.82) is 0 Å². The highest BCUT2D eigenvalue weighted by Gasteiger charge is 2.32. The lowest BCUT2D eigenvalue weighted by atomic mass is 10.1. The standard InChI is InChI=1S/C24H33N3O6S/c1-7-20(24(29)25-3)26(15-18-9-11-19(32-4)12-10-18)23(28)16-27(34(6,30)31)21-14-17(2)8-13-22(21)33-5/h8-14,20H,7,15-16H2,1-6H3,(H,25,29)/t20-/m0/s1. The fourth-order valence-electron chi connectivity index (χ4n) is 3.60. The van der Waals surface area contributed by atoms with Gasteiger partial charge in [0.15, 0.2) is 0 Å². The van der Waals surface area contributed by atoms with Gasteiger partial charge in [-0.3, -0.25) is 13.9 Å². The van der Waals surface area contributed by atoms with E-state index in [0.29, 0.717) is 17.9 Å². The molecule has 2 amide bonds. The van der Waals surface area contributed by atoms with Crippen molar-refractivity contribution in [1.82, 2.24) is 10.2 Å². The van der Waals surface area contributed by atoms with E-state index in [1.165, 1.54) is 19.1 Å². The van der Waals surface area contributed by atoms with E-state index in [9.17, 15) is 18.0 Å². The summed E-state index contributed by atoms with van der Waals surface area (Å²) in [6.45, 7) is 3.26. The Hall–Kier alpha value is -3.27. The SMILES string of the molecule is CC[C@@H](C(=O)NC)N(Cc1ccc(OC)cc1)C(=O)CN(c1cc(C)ccc1OC)S(C)(=O)=O. The summed E-state index contributed by atoms with van der Waals surface area (Å²) in [5, 5.41) is 2.59. The molecule has 0 unspecified atom stereocenters. The van der Waals surface area contributed by atoms with E-state index >= 15 is 0 Å². The largest absolute Gasteiger partial charge is 0.497 e. The van der Waals surface area contributed by atoms with E-state index < -0.39 is 28.5 Å². The zero-order valence-corrected chi connectivity index (χ0v) is 21.3. The Morgan fingerprint density at radius 3 is 2.21 bits per heavy atom. The molecule has 9 nitrogen and oxygen atoms in total. The number of hydrogen-bond donors (Lipinski definition) is 1. The number of sulfonamides is 1. The Balaban J connectivity index is 2.48. The molecule has 2 rings (SSSR count). The lowest BCUT2D eigenvalue weighted by molar-refractivity contribution is -0.140. The molecule has 0 aliphatic carbocycles. The van der Waals surface area contributed by atoms with Gasteiger partial charge in [-0.1, -0.05) is 25.1 Å². The molecule has 0 saturated carbocycles. The molecular weight excluding hydrogens is 458 g/mol. The van der Waals surface area contributed by atoms with Gasteiger partial charge in [-0.25, -0.2) is 8.42 Å². The van der Waals surface area contributed by atoms with Crippen LogP contribution in [0.3, 0.4) is 0 Å². The van der Waals surface area contributed by atoms with E-state index in [2.05, 4.69) is 5.32 Å². The van der Waals surface area contributed by atoms with Gasteiger partial charge in [0, 0.05) is 13.6 Å². The van der Waals surface area contributed by atoms with E-state index in [1.54, 1.807) is 56.5 Å². The van der Waals surface area contributed by atoms with Crippen molar-refractivity contribution in [2.24, 2.45) is 0 Å². The smallest absolute Gasteiger partial charge is 0.244 e. The predicted molar refractivity (Wildman–Crippen MR) is 132 cm³/mol. The van der Waals surface area contributed by atoms with Gasteiger partial charge in [-0.05, 0) is 48.7 Å². The van der Waals surface area contributed by atoms with Gasteiger partial charge in [-0.2, -0.15) is 0 Å². The second-order valence-electron chi connectivity index (χ2n) is 7.85. The minimum absolute atomic E-state index is 0.122. The van der Waals surface area contributed by atoms with Crippen LogP contribution in [0.1, 0.15) is 24.5 Å². The number of nitrogens with zero attached hydrogens (tertiary/aromatic N) is 2. The van der Waals surface area contributed by atoms with Crippen LogP contribution in [0.4, 0.5) is 5.69 Å². The van der Waals surface area contributed by atoms with Crippen LogP contribution in [0.25, 0.3) is 0 Å². The molecule has 0 bridgehead atoms. The summed E-state index contributed by atoms with van der Waals surface area (Å²) in [5.74, 6) is 0.141. The van der Waals surface area contributed by atoms with Crippen LogP contribution in [0.5, 0.6) is 11.5 Å². The minimum atomic E-state index is -3.85. The first kappa shape index (κ1) is 27.0. The van der Waals surface area contributed by atoms with Gasteiger partial charge in [-0.15, -0.1) is 0 Å². The summed E-state index contributed by atoms with van der Waals surface area (Å²) < 4.78 is 37.0. The third kappa shape index (κ3) is 6.63. The van der Waals surface area contributed by atoms with Gasteiger partial charge >= 0.3 is 0 Å². The summed E-state index contributed by atoms with van der Waals surface area (Å²) in [4.78, 5) is 27.6. The number of methoxy groups -OCH3 is 2. The van der Waals surface area contributed by atoms with Crippen molar-refractivity contribution in [3.05, 3.63) is 53.6 Å². The second-order valence-corrected chi connectivity index (χ2v) is 9.76. The molecule has 2 aromatic rings. The molecule has 0 radical (unpaired) electrons. The molecule has 0 aliphatic heterocycles. The molecule has 0 aromatic heterocycles. The Morgan fingerprint density at radius 1 is 1.06 bits per heavy atom. The first-order valence-electron chi connectivity index (χ1n) is 10.8. The lowest BCUT2D eigenvalue weighted by Gasteiger charge is -2.33. The zero-order chi connectivity index (χ0) is 25.5. The number of benzene rings is 2. The summed E-state index contributed by atoms with van der Waals surface area (Å²) in [6, 6.07) is 11.4. The minimum Gasteiger partial charge on any atom is -0.497 e. The molecule has 186 valence electrons. The number of carbonyl (C=O) groups excluding carboxylic acids is 2. The fraction of sp³-hybridized carbons (Fsp3) is 0.417. The summed E-state index contributed by atoms with van der Waals surface area (Å²) in [5.41, 5.74) is 1.84. The van der Waals surface area contributed by atoms with Gasteiger partial charge < -0.3 is 19.7 Å². The van der Waals surface area contributed by atoms with Crippen LogP contribution in [0.15, 0.2) is 42.5 Å². The number of anilines is 1. The van der Waals surface area contributed by atoms with E-state index in [-0.39, 0.29) is 18.1 Å². The molecule has 1 atom stereocenters. The summed E-state index contributed by atoms with van der Waals surface area (Å²) in [7, 11) is 0.648. The van der Waals surface area contributed by atoms with Crippen molar-refractivity contribution >= 4 is 27.5 Å². The van der Waals surface area contributed by atoms with Crippen LogP contribution in [-0.2, 0) is 26.2 Å². The highest BCUT2D eigenvalue weighted by molar-refractivity contribution is 7.92. The first-order valence-corrected chi connectivity index (χ1v) is 12.7. The van der Waals surface area contributed by atoms with Crippen LogP contribution in [0, 0.1) is 6.92 Å². The monoisotopic (exact) mass is 491 g/mol. The normalized spacial score (nSPS) is 11.9. The van der Waals surface area contributed by atoms with Crippen molar-refractivity contribution in [2.75, 3.05) is 38.4 Å². The molecule has 10 heteroatoms. The third-order valence-corrected chi connectivity index (χ3v) is 6.55. The van der Waals surface area contributed by atoms with Gasteiger partial charge in [0.1, 0.15) is 24.1 Å². The number of amides is 2. The van der Waals surface area contributed by atoms with Crippen LogP contribution in [0.2, 0.25) is 0 Å². The summed E-state index contributed by atoms with van der Waals surface area (Å²) in [6.07, 6.45) is 1.39. The second kappa shape index (κ2) is 11.7. The van der Waals surface area contributed by atoms with E-state index in [0.717, 1.165) is 21.7 Å². The Kier molecular flexibility index (Phi) is 9.31. The number of ether oxygens (including phenoxy) is 2. The van der Waals surface area contributed by atoms with Crippen LogP contribution in [-0.4, -0.2) is 65.2 Å². The quantitative estimate of drug-likeness (QED) is 0.517. The Bertz CT molecular complexity index is 1100. The van der Waals surface area contributed by atoms with Crippen molar-refractivity contribution in [2.45, 2.75) is 32.9 Å². The Labute approximate surface area is 201 Å². The number of rotatable bonds is 11. The van der Waals surface area contributed by atoms with Gasteiger partial charge in [0.25, 0.3) is 0 Å². The van der Waals surface area contributed by atoms with Crippen molar-refractivity contribution in [3.63, 3.8) is 0 Å². The molecule has 0 aliphatic rings. The van der Waals surface area contributed by atoms with E-state index in [1.807, 2.05) is 6.92 Å². The molecular formula is C24H33N3O6S. The predicted octanol–water partition coefficient (Wildman–Crippen LogP) is 2.33. The molecule has 1 N–H and O–H groups in total. The molecule has 34 heavy (non-hydrogen) atoms. The molecule has 0 spiro atoms.